The first-order chi connectivity index (χ1) is 9.49. The minimum Gasteiger partial charge on any atom is -0.349 e. The number of benzene rings is 1. The summed E-state index contributed by atoms with van der Waals surface area (Å²) in [5.41, 5.74) is -0.551. The fourth-order valence-corrected chi connectivity index (χ4v) is 2.58. The van der Waals surface area contributed by atoms with E-state index in [4.69, 9.17) is 0 Å². The Balaban J connectivity index is 2.13. The number of carbonyl (C=O) groups is 1. The summed E-state index contributed by atoms with van der Waals surface area (Å²) >= 11 is 0. The van der Waals surface area contributed by atoms with E-state index in [0.717, 1.165) is 37.8 Å². The van der Waals surface area contributed by atoms with Crippen molar-refractivity contribution >= 4 is 11.6 Å². The number of halogens is 1. The second kappa shape index (κ2) is 5.98. The Morgan fingerprint density at radius 2 is 2.10 bits per heavy atom. The summed E-state index contributed by atoms with van der Waals surface area (Å²) in [5, 5.41) is 13.6. The molecule has 2 rings (SSSR count). The number of nitro groups is 1. The molecule has 108 valence electrons. The van der Waals surface area contributed by atoms with Gasteiger partial charge in [-0.3, -0.25) is 14.9 Å². The van der Waals surface area contributed by atoms with Crippen molar-refractivity contribution in [3.05, 3.63) is 39.7 Å². The minimum absolute atomic E-state index is 0.0837. The predicted octanol–water partition coefficient (Wildman–Crippen LogP) is 3.04. The van der Waals surface area contributed by atoms with Crippen molar-refractivity contribution in [2.45, 2.75) is 38.6 Å². The van der Waals surface area contributed by atoms with Gasteiger partial charge in [-0.1, -0.05) is 19.8 Å². The average molecular weight is 280 g/mol. The summed E-state index contributed by atoms with van der Waals surface area (Å²) in [4.78, 5) is 21.9. The summed E-state index contributed by atoms with van der Waals surface area (Å²) in [5.74, 6) is -0.924. The summed E-state index contributed by atoms with van der Waals surface area (Å²) in [6.45, 7) is 2.08. The third-order valence-electron chi connectivity index (χ3n) is 3.83. The quantitative estimate of drug-likeness (QED) is 0.683. The second-order valence-electron chi connectivity index (χ2n) is 5.26. The Hall–Kier alpha value is -1.98. The van der Waals surface area contributed by atoms with Gasteiger partial charge in [-0.25, -0.2) is 0 Å². The molecule has 1 saturated carbocycles. The largest absolute Gasteiger partial charge is 0.349 e. The van der Waals surface area contributed by atoms with E-state index < -0.39 is 16.4 Å². The Kier molecular flexibility index (Phi) is 4.32. The lowest BCUT2D eigenvalue weighted by molar-refractivity contribution is -0.387. The van der Waals surface area contributed by atoms with Gasteiger partial charge in [0, 0.05) is 17.7 Å². The molecular formula is C14H17FN2O3. The predicted molar refractivity (Wildman–Crippen MR) is 71.9 cm³/mol. The number of nitrogens with zero attached hydrogens (tertiary/aromatic N) is 1. The minimum atomic E-state index is -0.933. The highest BCUT2D eigenvalue weighted by molar-refractivity contribution is 5.95. The van der Waals surface area contributed by atoms with Crippen LogP contribution < -0.4 is 5.32 Å². The molecule has 1 aromatic carbocycles. The molecule has 0 saturated heterocycles. The normalized spacial score (nSPS) is 22.3. The standard InChI is InChI=1S/C14H17FN2O3/c1-9-4-2-3-5-12(9)16-14(18)10-6-7-11(15)13(8-10)17(19)20/h6-9,12H,2-5H2,1H3,(H,16,18)/t9-,12-/m0/s1. The number of hydrogen-bond donors (Lipinski definition) is 1. The molecule has 1 aliphatic carbocycles. The maximum absolute atomic E-state index is 13.2. The van der Waals surface area contributed by atoms with E-state index in [1.54, 1.807) is 0 Å². The van der Waals surface area contributed by atoms with Gasteiger partial charge < -0.3 is 5.32 Å². The first-order valence-corrected chi connectivity index (χ1v) is 6.74. The van der Waals surface area contributed by atoms with Crippen LogP contribution in [-0.4, -0.2) is 16.9 Å². The summed E-state index contributed by atoms with van der Waals surface area (Å²) < 4.78 is 13.2. The van der Waals surface area contributed by atoms with E-state index in [2.05, 4.69) is 12.2 Å². The molecule has 2 atom stereocenters. The molecule has 0 heterocycles. The van der Waals surface area contributed by atoms with E-state index in [0.29, 0.717) is 5.92 Å². The van der Waals surface area contributed by atoms with Crippen LogP contribution in [0.4, 0.5) is 10.1 Å². The number of nitrogens with one attached hydrogen (secondary N) is 1. The van der Waals surface area contributed by atoms with Crippen LogP contribution in [0.1, 0.15) is 43.0 Å². The van der Waals surface area contributed by atoms with Crippen LogP contribution >= 0.6 is 0 Å². The van der Waals surface area contributed by atoms with Gasteiger partial charge in [0.25, 0.3) is 5.91 Å². The van der Waals surface area contributed by atoms with Crippen LogP contribution in [-0.2, 0) is 0 Å². The van der Waals surface area contributed by atoms with Crippen LogP contribution in [0.25, 0.3) is 0 Å². The second-order valence-corrected chi connectivity index (χ2v) is 5.26. The van der Waals surface area contributed by atoms with Crippen molar-refractivity contribution in [1.82, 2.24) is 5.32 Å². The Morgan fingerprint density at radius 1 is 1.40 bits per heavy atom. The number of amides is 1. The summed E-state index contributed by atoms with van der Waals surface area (Å²) in [6.07, 6.45) is 4.21. The van der Waals surface area contributed by atoms with Gasteiger partial charge in [-0.15, -0.1) is 0 Å². The molecule has 0 aromatic heterocycles. The lowest BCUT2D eigenvalue weighted by Gasteiger charge is -2.29. The molecular weight excluding hydrogens is 263 g/mol. The average Bonchev–Trinajstić information content (AvgIpc) is 2.41. The molecule has 6 heteroatoms. The number of rotatable bonds is 3. The molecule has 5 nitrogen and oxygen atoms in total. The van der Waals surface area contributed by atoms with E-state index >= 15 is 0 Å². The zero-order valence-electron chi connectivity index (χ0n) is 11.3. The summed E-state index contributed by atoms with van der Waals surface area (Å²) in [6, 6.07) is 3.29. The van der Waals surface area contributed by atoms with Crippen LogP contribution in [0.2, 0.25) is 0 Å². The van der Waals surface area contributed by atoms with Crippen LogP contribution in [0.15, 0.2) is 18.2 Å². The van der Waals surface area contributed by atoms with Gasteiger partial charge in [-0.2, -0.15) is 4.39 Å². The van der Waals surface area contributed by atoms with Crippen LogP contribution in [0.5, 0.6) is 0 Å². The lowest BCUT2D eigenvalue weighted by Crippen LogP contribution is -2.41. The monoisotopic (exact) mass is 280 g/mol. The van der Waals surface area contributed by atoms with Crippen molar-refractivity contribution in [3.63, 3.8) is 0 Å². The highest BCUT2D eigenvalue weighted by Crippen LogP contribution is 2.24. The van der Waals surface area contributed by atoms with Gasteiger partial charge in [0.05, 0.1) is 4.92 Å². The molecule has 1 amide bonds. The third kappa shape index (κ3) is 3.12. The van der Waals surface area contributed by atoms with E-state index in [-0.39, 0.29) is 17.5 Å². The number of carbonyl (C=O) groups excluding carboxylic acids is 1. The highest BCUT2D eigenvalue weighted by Gasteiger charge is 2.24. The van der Waals surface area contributed by atoms with Crippen molar-refractivity contribution in [2.75, 3.05) is 0 Å². The van der Waals surface area contributed by atoms with E-state index in [9.17, 15) is 19.3 Å². The molecule has 0 spiro atoms. The Bertz CT molecular complexity index is 533. The van der Waals surface area contributed by atoms with E-state index in [1.807, 2.05) is 0 Å². The molecule has 20 heavy (non-hydrogen) atoms. The molecule has 0 radical (unpaired) electrons. The van der Waals surface area contributed by atoms with Gasteiger partial charge >= 0.3 is 5.69 Å². The number of hydrogen-bond acceptors (Lipinski definition) is 3. The van der Waals surface area contributed by atoms with Crippen molar-refractivity contribution < 1.29 is 14.1 Å². The van der Waals surface area contributed by atoms with Gasteiger partial charge in [0.2, 0.25) is 5.82 Å². The number of nitro benzene ring substituents is 1. The molecule has 1 aromatic rings. The molecule has 0 bridgehead atoms. The Morgan fingerprint density at radius 3 is 2.75 bits per heavy atom. The van der Waals surface area contributed by atoms with Gasteiger partial charge in [0.15, 0.2) is 0 Å². The SMILES string of the molecule is C[C@H]1CCCC[C@@H]1NC(=O)c1ccc(F)c([N+](=O)[O-])c1. The highest BCUT2D eigenvalue weighted by atomic mass is 19.1. The fraction of sp³-hybridized carbons (Fsp3) is 0.500. The van der Waals surface area contributed by atoms with Crippen molar-refractivity contribution in [1.29, 1.82) is 0 Å². The van der Waals surface area contributed by atoms with Crippen LogP contribution in [0.3, 0.4) is 0 Å². The maximum Gasteiger partial charge on any atom is 0.305 e. The molecule has 0 unspecified atom stereocenters. The molecule has 1 aliphatic rings. The third-order valence-corrected chi connectivity index (χ3v) is 3.83. The summed E-state index contributed by atoms with van der Waals surface area (Å²) in [7, 11) is 0. The Labute approximate surface area is 116 Å². The van der Waals surface area contributed by atoms with Gasteiger partial charge in [0.1, 0.15) is 0 Å². The zero-order chi connectivity index (χ0) is 14.7. The first-order valence-electron chi connectivity index (χ1n) is 6.74. The zero-order valence-corrected chi connectivity index (χ0v) is 11.3. The molecule has 1 N–H and O–H groups in total. The molecule has 1 fully saturated rings. The maximum atomic E-state index is 13.2. The van der Waals surface area contributed by atoms with E-state index in [1.165, 1.54) is 6.07 Å². The smallest absolute Gasteiger partial charge is 0.305 e. The molecule has 0 aliphatic heterocycles. The van der Waals surface area contributed by atoms with Crippen molar-refractivity contribution in [3.8, 4) is 0 Å². The van der Waals surface area contributed by atoms with Gasteiger partial charge in [-0.05, 0) is 30.9 Å². The topological polar surface area (TPSA) is 72.2 Å². The first kappa shape index (κ1) is 14.4. The lowest BCUT2D eigenvalue weighted by atomic mass is 9.86. The van der Waals surface area contributed by atoms with Crippen molar-refractivity contribution in [2.24, 2.45) is 5.92 Å². The van der Waals surface area contributed by atoms with Crippen LogP contribution in [0, 0.1) is 21.8 Å². The fourth-order valence-electron chi connectivity index (χ4n) is 2.58.